The van der Waals surface area contributed by atoms with E-state index in [0.29, 0.717) is 17.2 Å². The van der Waals surface area contributed by atoms with Crippen LogP contribution in [0.3, 0.4) is 0 Å². The van der Waals surface area contributed by atoms with Crippen LogP contribution in [0.15, 0.2) is 12.3 Å². The predicted octanol–water partition coefficient (Wildman–Crippen LogP) is 2.53. The molecule has 2 aromatic heterocycles. The maximum atomic E-state index is 12.9. The Balaban J connectivity index is 0.000000704. The molecule has 0 spiro atoms. The fourth-order valence-electron chi connectivity index (χ4n) is 2.04. The molecule has 20 heavy (non-hydrogen) atoms. The minimum Gasteiger partial charge on any atom is -0.493 e. The Kier molecular flexibility index (Phi) is 3.78. The number of aromatic nitrogens is 3. The summed E-state index contributed by atoms with van der Waals surface area (Å²) in [5.74, 6) is -1.74. The van der Waals surface area contributed by atoms with Gasteiger partial charge in [-0.25, -0.2) is 18.3 Å². The van der Waals surface area contributed by atoms with Crippen LogP contribution in [0.2, 0.25) is 0 Å². The van der Waals surface area contributed by atoms with Crippen LogP contribution < -0.4 is 9.64 Å². The fraction of sp³-hybridized carbons (Fsp3) is 0.538. The summed E-state index contributed by atoms with van der Waals surface area (Å²) in [6.45, 7) is 5.21. The van der Waals surface area contributed by atoms with Crippen molar-refractivity contribution in [1.82, 2.24) is 14.6 Å². The minimum atomic E-state index is -2.63. The second kappa shape index (κ2) is 5.22. The number of imidazole rings is 1. The highest BCUT2D eigenvalue weighted by molar-refractivity contribution is 5.60. The summed E-state index contributed by atoms with van der Waals surface area (Å²) in [6, 6.07) is 1.70. The van der Waals surface area contributed by atoms with Crippen molar-refractivity contribution >= 4 is 11.5 Å². The number of hydrogen-bond acceptors (Lipinski definition) is 4. The van der Waals surface area contributed by atoms with Gasteiger partial charge in [0.15, 0.2) is 17.2 Å². The predicted molar refractivity (Wildman–Crippen MR) is 72.8 cm³/mol. The van der Waals surface area contributed by atoms with Crippen LogP contribution in [0.1, 0.15) is 19.5 Å². The number of methoxy groups -OCH3 is 1. The highest BCUT2D eigenvalue weighted by atomic mass is 19.3. The number of nitrogens with zero attached hydrogens (tertiary/aromatic N) is 4. The van der Waals surface area contributed by atoms with Gasteiger partial charge >= 0.3 is 0 Å². The molecule has 1 fully saturated rings. The van der Waals surface area contributed by atoms with Gasteiger partial charge in [-0.15, -0.1) is 5.10 Å². The SMILES string of the molecule is CC.COc1cc2ncc(C)n2nc1N1CC(F)(F)C1. The zero-order chi connectivity index (χ0) is 14.9. The quantitative estimate of drug-likeness (QED) is 0.850. The van der Waals surface area contributed by atoms with E-state index in [9.17, 15) is 8.78 Å². The van der Waals surface area contributed by atoms with E-state index in [1.54, 1.807) is 16.8 Å². The Morgan fingerprint density at radius 2 is 1.95 bits per heavy atom. The summed E-state index contributed by atoms with van der Waals surface area (Å²) in [4.78, 5) is 5.65. The Morgan fingerprint density at radius 1 is 1.30 bits per heavy atom. The van der Waals surface area contributed by atoms with Crippen LogP contribution in [0.4, 0.5) is 14.6 Å². The van der Waals surface area contributed by atoms with Crippen molar-refractivity contribution in [1.29, 1.82) is 0 Å². The standard InChI is InChI=1S/C11H12F2N4O.C2H6/c1-7-4-14-9-3-8(18-2)10(15-17(7)9)16-5-11(12,13)6-16;1-2/h3-4H,5-6H2,1-2H3;1-2H3. The second-order valence-corrected chi connectivity index (χ2v) is 4.42. The summed E-state index contributed by atoms with van der Waals surface area (Å²) >= 11 is 0. The van der Waals surface area contributed by atoms with Crippen LogP contribution in [-0.2, 0) is 0 Å². The molecular formula is C13H18F2N4O. The maximum absolute atomic E-state index is 12.9. The molecule has 0 amide bonds. The number of aryl methyl sites for hydroxylation is 1. The first-order chi connectivity index (χ1) is 9.50. The number of ether oxygens (including phenoxy) is 1. The molecule has 0 radical (unpaired) electrons. The third-order valence-corrected chi connectivity index (χ3v) is 2.97. The first-order valence-corrected chi connectivity index (χ1v) is 6.52. The monoisotopic (exact) mass is 284 g/mol. The molecule has 0 unspecified atom stereocenters. The minimum absolute atomic E-state index is 0.324. The van der Waals surface area contributed by atoms with Crippen LogP contribution in [0, 0.1) is 6.92 Å². The molecule has 7 heteroatoms. The molecule has 3 rings (SSSR count). The van der Waals surface area contributed by atoms with Crippen molar-refractivity contribution in [3.8, 4) is 5.75 Å². The summed E-state index contributed by atoms with van der Waals surface area (Å²) in [6.07, 6.45) is 1.68. The first kappa shape index (κ1) is 14.5. The number of halogens is 2. The maximum Gasteiger partial charge on any atom is 0.282 e. The van der Waals surface area contributed by atoms with Crippen molar-refractivity contribution in [3.05, 3.63) is 18.0 Å². The lowest BCUT2D eigenvalue weighted by Gasteiger charge is -2.39. The highest BCUT2D eigenvalue weighted by Crippen LogP contribution is 2.36. The zero-order valence-electron chi connectivity index (χ0n) is 12.0. The smallest absolute Gasteiger partial charge is 0.282 e. The van der Waals surface area contributed by atoms with Gasteiger partial charge < -0.3 is 9.64 Å². The van der Waals surface area contributed by atoms with Crippen molar-refractivity contribution in [3.63, 3.8) is 0 Å². The van der Waals surface area contributed by atoms with E-state index < -0.39 is 5.92 Å². The molecule has 2 aromatic rings. The summed E-state index contributed by atoms with van der Waals surface area (Å²) in [5, 5.41) is 4.31. The van der Waals surface area contributed by atoms with Crippen LogP contribution in [-0.4, -0.2) is 40.7 Å². The highest BCUT2D eigenvalue weighted by Gasteiger charge is 2.45. The topological polar surface area (TPSA) is 42.7 Å². The second-order valence-electron chi connectivity index (χ2n) is 4.42. The number of rotatable bonds is 2. The average molecular weight is 284 g/mol. The van der Waals surface area contributed by atoms with E-state index in [1.807, 2.05) is 20.8 Å². The Hall–Kier alpha value is -1.92. The molecule has 0 N–H and O–H groups in total. The third-order valence-electron chi connectivity index (χ3n) is 2.97. The van der Waals surface area contributed by atoms with Gasteiger partial charge in [0.25, 0.3) is 5.92 Å². The molecule has 0 saturated carbocycles. The van der Waals surface area contributed by atoms with E-state index in [-0.39, 0.29) is 13.1 Å². The molecule has 0 aromatic carbocycles. The molecule has 1 saturated heterocycles. The van der Waals surface area contributed by atoms with E-state index in [1.165, 1.54) is 12.0 Å². The van der Waals surface area contributed by atoms with Crippen molar-refractivity contribution in [2.24, 2.45) is 0 Å². The molecule has 3 heterocycles. The lowest BCUT2D eigenvalue weighted by molar-refractivity contribution is -0.0270. The summed E-state index contributed by atoms with van der Waals surface area (Å²) in [5.41, 5.74) is 1.49. The largest absolute Gasteiger partial charge is 0.493 e. The molecular weight excluding hydrogens is 266 g/mol. The van der Waals surface area contributed by atoms with Gasteiger partial charge in [0.05, 0.1) is 32.1 Å². The van der Waals surface area contributed by atoms with Gasteiger partial charge in [-0.1, -0.05) is 13.8 Å². The summed E-state index contributed by atoms with van der Waals surface area (Å²) in [7, 11) is 1.49. The lowest BCUT2D eigenvalue weighted by Crippen LogP contribution is -2.56. The molecule has 0 aliphatic carbocycles. The van der Waals surface area contributed by atoms with E-state index >= 15 is 0 Å². The molecule has 0 atom stereocenters. The number of hydrogen-bond donors (Lipinski definition) is 0. The van der Waals surface area contributed by atoms with Gasteiger partial charge in [0.1, 0.15) is 0 Å². The normalized spacial score (nSPS) is 16.4. The Bertz CT molecular complexity index is 604. The van der Waals surface area contributed by atoms with Crippen molar-refractivity contribution in [2.45, 2.75) is 26.7 Å². The van der Waals surface area contributed by atoms with Crippen LogP contribution in [0.5, 0.6) is 5.75 Å². The molecule has 1 aliphatic heterocycles. The fourth-order valence-corrected chi connectivity index (χ4v) is 2.04. The number of fused-ring (bicyclic) bond motifs is 1. The molecule has 0 bridgehead atoms. The van der Waals surface area contributed by atoms with Gasteiger partial charge in [0, 0.05) is 6.07 Å². The molecule has 110 valence electrons. The lowest BCUT2D eigenvalue weighted by atomic mass is 10.1. The average Bonchev–Trinajstić information content (AvgIpc) is 2.78. The number of anilines is 1. The first-order valence-electron chi connectivity index (χ1n) is 6.52. The zero-order valence-corrected chi connectivity index (χ0v) is 12.0. The summed E-state index contributed by atoms with van der Waals surface area (Å²) < 4.78 is 32.6. The third kappa shape index (κ3) is 2.39. The van der Waals surface area contributed by atoms with E-state index in [0.717, 1.165) is 5.69 Å². The Morgan fingerprint density at radius 3 is 2.50 bits per heavy atom. The van der Waals surface area contributed by atoms with E-state index in [2.05, 4.69) is 10.1 Å². The Labute approximate surface area is 116 Å². The van der Waals surface area contributed by atoms with Gasteiger partial charge in [0.2, 0.25) is 0 Å². The van der Waals surface area contributed by atoms with Gasteiger partial charge in [-0.2, -0.15) is 0 Å². The van der Waals surface area contributed by atoms with E-state index in [4.69, 9.17) is 4.74 Å². The molecule has 1 aliphatic rings. The number of alkyl halides is 2. The molecule has 5 nitrogen and oxygen atoms in total. The van der Waals surface area contributed by atoms with Crippen molar-refractivity contribution < 1.29 is 13.5 Å². The van der Waals surface area contributed by atoms with Crippen LogP contribution in [0.25, 0.3) is 5.65 Å². The van der Waals surface area contributed by atoms with Crippen molar-refractivity contribution in [2.75, 3.05) is 25.1 Å². The van der Waals surface area contributed by atoms with Crippen LogP contribution >= 0.6 is 0 Å². The van der Waals surface area contributed by atoms with Gasteiger partial charge in [-0.05, 0) is 6.92 Å². The van der Waals surface area contributed by atoms with Gasteiger partial charge in [-0.3, -0.25) is 0 Å².